The second-order valence-electron chi connectivity index (χ2n) is 13.6. The minimum Gasteiger partial charge on any atom is -0.465 e. The fourth-order valence-electron chi connectivity index (χ4n) is 6.26. The molecule has 2 fully saturated rings. The van der Waals surface area contributed by atoms with Crippen molar-refractivity contribution in [2.45, 2.75) is 95.0 Å². The maximum absolute atomic E-state index is 14.4. The Morgan fingerprint density at radius 2 is 1.94 bits per heavy atom. The van der Waals surface area contributed by atoms with Crippen molar-refractivity contribution in [3.8, 4) is 5.19 Å². The molecule has 12 heteroatoms. The van der Waals surface area contributed by atoms with Crippen LogP contribution in [0, 0.1) is 11.7 Å². The molecule has 3 aromatic rings. The highest BCUT2D eigenvalue weighted by molar-refractivity contribution is 7.20. The van der Waals surface area contributed by atoms with Gasteiger partial charge in [0.25, 0.3) is 11.1 Å². The van der Waals surface area contributed by atoms with Crippen LogP contribution in [0.1, 0.15) is 65.7 Å². The summed E-state index contributed by atoms with van der Waals surface area (Å²) in [5.41, 5.74) is 2.18. The smallest absolute Gasteiger partial charge is 0.274 e. The Balaban J connectivity index is 1.28. The van der Waals surface area contributed by atoms with Crippen LogP contribution in [-0.2, 0) is 19.2 Å². The van der Waals surface area contributed by atoms with Crippen LogP contribution in [0.5, 0.6) is 5.19 Å². The molecule has 3 amide bonds. The third-order valence-electron chi connectivity index (χ3n) is 8.81. The number of hydrogen-bond acceptors (Lipinski definition) is 8. The molecule has 6 rings (SSSR count). The van der Waals surface area contributed by atoms with E-state index in [9.17, 15) is 18.8 Å². The van der Waals surface area contributed by atoms with Crippen molar-refractivity contribution < 1.29 is 28.3 Å². The van der Waals surface area contributed by atoms with E-state index in [1.807, 2.05) is 57.2 Å². The van der Waals surface area contributed by atoms with E-state index in [1.54, 1.807) is 11.0 Å². The number of ether oxygens (including phenoxy) is 1. The van der Waals surface area contributed by atoms with Gasteiger partial charge in [-0.25, -0.2) is 14.9 Å². The van der Waals surface area contributed by atoms with Crippen LogP contribution in [0.3, 0.4) is 0 Å². The molecule has 2 aromatic carbocycles. The number of fused-ring (bicyclic) bond motifs is 3. The van der Waals surface area contributed by atoms with Crippen molar-refractivity contribution in [2.24, 2.45) is 5.92 Å². The summed E-state index contributed by atoms with van der Waals surface area (Å²) in [5, 5.41) is 6.78. The standard InChI is InChI=1S/C35H42FN5O5S/c1-34(2,3)46-40-32(44)35-20-22(35)12-8-5-4-6-11-15-27(37-24-13-9-7-10-14-24)31(43)41-21-25(19-28(41)30(42)39-35)45-33-38-26-17-16-23(36)18-29(26)47-33/h7-10,12-14,16-18,22,25,27-28,37H,4-6,11,15,19-21H2,1-3H3,(H,39,42)(H,40,44)/t22-,25-,27+,28+,35-/m1/s1. The van der Waals surface area contributed by atoms with Crippen LogP contribution in [0.2, 0.25) is 0 Å². The van der Waals surface area contributed by atoms with Gasteiger partial charge >= 0.3 is 0 Å². The number of benzene rings is 2. The summed E-state index contributed by atoms with van der Waals surface area (Å²) in [6.07, 6.45) is 8.33. The van der Waals surface area contributed by atoms with E-state index in [0.717, 1.165) is 31.4 Å². The largest absolute Gasteiger partial charge is 0.465 e. The molecule has 3 N–H and O–H groups in total. The van der Waals surface area contributed by atoms with Crippen molar-refractivity contribution in [1.29, 1.82) is 0 Å². The third-order valence-corrected chi connectivity index (χ3v) is 9.72. The highest BCUT2D eigenvalue weighted by Crippen LogP contribution is 2.46. The lowest BCUT2D eigenvalue weighted by molar-refractivity contribution is -0.151. The van der Waals surface area contributed by atoms with Crippen molar-refractivity contribution in [3.05, 3.63) is 66.5 Å². The fourth-order valence-corrected chi connectivity index (χ4v) is 7.17. The number of anilines is 1. The number of carbonyl (C=O) groups is 3. The van der Waals surface area contributed by atoms with Crippen LogP contribution in [0.4, 0.5) is 10.1 Å². The van der Waals surface area contributed by atoms with Gasteiger partial charge < -0.3 is 20.3 Å². The summed E-state index contributed by atoms with van der Waals surface area (Å²) in [4.78, 5) is 53.8. The zero-order chi connectivity index (χ0) is 33.2. The SMILES string of the molecule is CC(C)(C)ONC(=O)[C@@]12C[C@H]1C=CCCCCC[C@H](Nc1ccccc1)C(=O)N1C[C@H](Oc3nc4ccc(F)cc4s3)C[C@H]1C(=O)N2. The van der Waals surface area contributed by atoms with Gasteiger partial charge in [-0.1, -0.05) is 54.5 Å². The molecule has 5 atom stereocenters. The number of nitrogens with one attached hydrogen (secondary N) is 3. The van der Waals surface area contributed by atoms with Gasteiger partial charge in [0, 0.05) is 18.0 Å². The maximum atomic E-state index is 14.4. The highest BCUT2D eigenvalue weighted by Gasteiger charge is 2.61. The lowest BCUT2D eigenvalue weighted by atomic mass is 10.0. The Morgan fingerprint density at radius 3 is 2.72 bits per heavy atom. The highest BCUT2D eigenvalue weighted by atomic mass is 32.1. The van der Waals surface area contributed by atoms with E-state index in [-0.39, 0.29) is 30.6 Å². The predicted molar refractivity (Wildman–Crippen MR) is 178 cm³/mol. The molecule has 0 radical (unpaired) electrons. The van der Waals surface area contributed by atoms with Gasteiger partial charge in [0.15, 0.2) is 0 Å². The van der Waals surface area contributed by atoms with Gasteiger partial charge in [0.1, 0.15) is 29.5 Å². The molecule has 10 nitrogen and oxygen atoms in total. The molecule has 47 heavy (non-hydrogen) atoms. The molecule has 1 saturated heterocycles. The first-order valence-electron chi connectivity index (χ1n) is 16.3. The monoisotopic (exact) mass is 663 g/mol. The quantitative estimate of drug-likeness (QED) is 0.235. The maximum Gasteiger partial charge on any atom is 0.274 e. The number of carbonyl (C=O) groups excluding carboxylic acids is 3. The Kier molecular flexibility index (Phi) is 9.52. The Morgan fingerprint density at radius 1 is 1.13 bits per heavy atom. The lowest BCUT2D eigenvalue weighted by Gasteiger charge is -2.30. The number of rotatable bonds is 6. The normalized spacial score (nSPS) is 26.9. The Bertz CT molecular complexity index is 1640. The predicted octanol–water partition coefficient (Wildman–Crippen LogP) is 5.51. The number of hydroxylamine groups is 1. The third kappa shape index (κ3) is 7.76. The Labute approximate surface area is 278 Å². The number of thiazole rings is 1. The first kappa shape index (κ1) is 32.9. The summed E-state index contributed by atoms with van der Waals surface area (Å²) in [6.45, 7) is 5.64. The van der Waals surface area contributed by atoms with Gasteiger partial charge in [-0.2, -0.15) is 0 Å². The number of nitrogens with zero attached hydrogens (tertiary/aromatic N) is 2. The van der Waals surface area contributed by atoms with Crippen molar-refractivity contribution in [1.82, 2.24) is 20.7 Å². The van der Waals surface area contributed by atoms with Crippen LogP contribution < -0.4 is 20.9 Å². The molecule has 0 bridgehead atoms. The van der Waals surface area contributed by atoms with Crippen LogP contribution in [0.15, 0.2) is 60.7 Å². The van der Waals surface area contributed by atoms with Crippen molar-refractivity contribution in [3.63, 3.8) is 0 Å². The second kappa shape index (κ2) is 13.6. The van der Waals surface area contributed by atoms with E-state index in [1.165, 1.54) is 23.5 Å². The number of halogens is 1. The van der Waals surface area contributed by atoms with E-state index < -0.39 is 41.1 Å². The van der Waals surface area contributed by atoms with Gasteiger partial charge in [-0.3, -0.25) is 19.2 Å². The lowest BCUT2D eigenvalue weighted by Crippen LogP contribution is -2.57. The van der Waals surface area contributed by atoms with E-state index in [0.29, 0.717) is 28.3 Å². The molecule has 2 aliphatic heterocycles. The summed E-state index contributed by atoms with van der Waals surface area (Å²) < 4.78 is 20.7. The molecular weight excluding hydrogens is 621 g/mol. The number of amides is 3. The van der Waals surface area contributed by atoms with E-state index in [4.69, 9.17) is 9.57 Å². The molecular formula is C35H42FN5O5S. The molecule has 250 valence electrons. The summed E-state index contributed by atoms with van der Waals surface area (Å²) >= 11 is 1.22. The van der Waals surface area contributed by atoms with E-state index >= 15 is 0 Å². The molecule has 1 aromatic heterocycles. The number of allylic oxidation sites excluding steroid dienone is 1. The summed E-state index contributed by atoms with van der Waals surface area (Å²) in [6, 6.07) is 12.5. The van der Waals surface area contributed by atoms with Crippen LogP contribution in [-0.4, -0.2) is 63.5 Å². The van der Waals surface area contributed by atoms with Crippen molar-refractivity contribution in [2.75, 3.05) is 11.9 Å². The van der Waals surface area contributed by atoms with Gasteiger partial charge in [0.05, 0.1) is 22.4 Å². The second-order valence-corrected chi connectivity index (χ2v) is 14.6. The minimum absolute atomic E-state index is 0.157. The first-order chi connectivity index (χ1) is 22.5. The topological polar surface area (TPSA) is 122 Å². The van der Waals surface area contributed by atoms with Crippen LogP contribution >= 0.6 is 11.3 Å². The summed E-state index contributed by atoms with van der Waals surface area (Å²) in [5.74, 6) is -1.62. The van der Waals surface area contributed by atoms with Crippen LogP contribution in [0.25, 0.3) is 10.2 Å². The number of aromatic nitrogens is 1. The minimum atomic E-state index is -1.19. The number of hydrogen-bond donors (Lipinski definition) is 3. The molecule has 0 unspecified atom stereocenters. The average Bonchev–Trinajstić information content (AvgIpc) is 3.34. The zero-order valence-corrected chi connectivity index (χ0v) is 27.8. The fraction of sp³-hybridized carbons (Fsp3) is 0.486. The first-order valence-corrected chi connectivity index (χ1v) is 17.1. The Hall–Kier alpha value is -4.03. The van der Waals surface area contributed by atoms with Crippen molar-refractivity contribution >= 4 is 45.0 Å². The molecule has 1 aliphatic carbocycles. The number of para-hydroxylation sites is 1. The average molecular weight is 664 g/mol. The van der Waals surface area contributed by atoms with Gasteiger partial charge in [-0.15, -0.1) is 0 Å². The van der Waals surface area contributed by atoms with E-state index in [2.05, 4.69) is 27.2 Å². The molecule has 3 heterocycles. The summed E-state index contributed by atoms with van der Waals surface area (Å²) in [7, 11) is 0. The molecule has 0 spiro atoms. The van der Waals surface area contributed by atoms with Gasteiger partial charge in [-0.05, 0) is 76.8 Å². The molecule has 3 aliphatic rings. The zero-order valence-electron chi connectivity index (χ0n) is 27.0. The van der Waals surface area contributed by atoms with Gasteiger partial charge in [0.2, 0.25) is 11.8 Å². The molecule has 1 saturated carbocycles.